The van der Waals surface area contributed by atoms with Gasteiger partial charge in [0.25, 0.3) is 0 Å². The van der Waals surface area contributed by atoms with E-state index >= 15 is 0 Å². The zero-order valence-corrected chi connectivity index (χ0v) is 20.9. The number of nitrogens with zero attached hydrogens (tertiary/aromatic N) is 5. The minimum atomic E-state index is -0.588. The van der Waals surface area contributed by atoms with Gasteiger partial charge in [-0.05, 0) is 51.0 Å². The van der Waals surface area contributed by atoms with Crippen LogP contribution < -0.4 is 10.6 Å². The third-order valence-corrected chi connectivity index (χ3v) is 5.93. The lowest BCUT2D eigenvalue weighted by Crippen LogP contribution is -2.38. The summed E-state index contributed by atoms with van der Waals surface area (Å²) in [5, 5.41) is 27.2. The molecule has 0 spiro atoms. The first-order chi connectivity index (χ1) is 16.7. The van der Waals surface area contributed by atoms with Crippen molar-refractivity contribution in [3.63, 3.8) is 0 Å². The first-order valence-electron chi connectivity index (χ1n) is 11.3. The molecule has 0 aliphatic carbocycles. The number of anilines is 1. The van der Waals surface area contributed by atoms with E-state index in [0.717, 1.165) is 11.1 Å². The van der Waals surface area contributed by atoms with E-state index in [1.54, 1.807) is 16.7 Å². The van der Waals surface area contributed by atoms with Crippen LogP contribution in [0.2, 0.25) is 5.02 Å². The van der Waals surface area contributed by atoms with Crippen molar-refractivity contribution in [1.82, 2.24) is 24.7 Å². The van der Waals surface area contributed by atoms with Gasteiger partial charge in [0, 0.05) is 18.3 Å². The van der Waals surface area contributed by atoms with Gasteiger partial charge in [0.2, 0.25) is 5.95 Å². The van der Waals surface area contributed by atoms with Crippen LogP contribution in [-0.2, 0) is 0 Å². The van der Waals surface area contributed by atoms with Crippen LogP contribution >= 0.6 is 11.6 Å². The molecule has 3 heterocycles. The largest absolute Gasteiger partial charge is 0.387 e. The van der Waals surface area contributed by atoms with E-state index < -0.39 is 6.10 Å². The average molecular weight is 490 g/mol. The number of β-amino-alcohol motifs (C(OH)–C–C–N with tert-alkyl or cyclic N) is 1. The van der Waals surface area contributed by atoms with Gasteiger partial charge in [-0.15, -0.1) is 0 Å². The molecule has 3 N–H and O–H groups in total. The highest BCUT2D eigenvalue weighted by molar-refractivity contribution is 6.33. The monoisotopic (exact) mass is 489 g/mol. The predicted octanol–water partition coefficient (Wildman–Crippen LogP) is 4.91. The fraction of sp³-hybridized carbons (Fsp3) is 0.308. The maximum absolute atomic E-state index is 10.5. The molecule has 1 aromatic carbocycles. The number of benzene rings is 1. The van der Waals surface area contributed by atoms with Gasteiger partial charge in [0.15, 0.2) is 5.65 Å². The Morgan fingerprint density at radius 3 is 2.51 bits per heavy atom. The van der Waals surface area contributed by atoms with E-state index in [1.807, 2.05) is 43.5 Å². The molecule has 0 saturated carbocycles. The number of imidazole rings is 1. The number of pyridine rings is 1. The minimum Gasteiger partial charge on any atom is -0.387 e. The summed E-state index contributed by atoms with van der Waals surface area (Å²) in [5.41, 5.74) is 3.86. The topological polar surface area (TPSA) is 111 Å². The summed E-state index contributed by atoms with van der Waals surface area (Å²) in [6.45, 7) is 8.68. The molecule has 180 valence electrons. The maximum Gasteiger partial charge on any atom is 0.223 e. The summed E-state index contributed by atoms with van der Waals surface area (Å²) in [4.78, 5) is 13.3. The Morgan fingerprint density at radius 2 is 1.83 bits per heavy atom. The lowest BCUT2D eigenvalue weighted by Gasteiger charge is -2.23. The van der Waals surface area contributed by atoms with Crippen LogP contribution in [0.25, 0.3) is 17.0 Å². The van der Waals surface area contributed by atoms with Crippen molar-refractivity contribution in [2.45, 2.75) is 45.4 Å². The third-order valence-electron chi connectivity index (χ3n) is 5.63. The minimum absolute atomic E-state index is 0.0607. The Balaban J connectivity index is 1.54. The molecular weight excluding hydrogens is 462 g/mol. The second-order valence-electron chi connectivity index (χ2n) is 9.44. The van der Waals surface area contributed by atoms with E-state index in [2.05, 4.69) is 52.4 Å². The van der Waals surface area contributed by atoms with Crippen molar-refractivity contribution in [2.75, 3.05) is 11.9 Å². The van der Waals surface area contributed by atoms with Gasteiger partial charge < -0.3 is 15.7 Å². The zero-order valence-electron chi connectivity index (χ0n) is 20.1. The summed E-state index contributed by atoms with van der Waals surface area (Å²) in [5.74, 6) is 0.391. The van der Waals surface area contributed by atoms with Crippen LogP contribution in [0, 0.1) is 11.3 Å². The van der Waals surface area contributed by atoms with Gasteiger partial charge >= 0.3 is 0 Å². The molecule has 3 aromatic heterocycles. The number of halogens is 1. The van der Waals surface area contributed by atoms with Crippen molar-refractivity contribution < 1.29 is 5.11 Å². The summed E-state index contributed by atoms with van der Waals surface area (Å²) in [6, 6.07) is 13.4. The summed E-state index contributed by atoms with van der Waals surface area (Å²) >= 11 is 6.25. The number of aliphatic hydroxyl groups is 1. The molecule has 0 aliphatic heterocycles. The fourth-order valence-electron chi connectivity index (χ4n) is 3.68. The molecule has 4 rings (SSSR count). The number of hydrogen-bond acceptors (Lipinski definition) is 7. The van der Waals surface area contributed by atoms with E-state index in [0.29, 0.717) is 40.1 Å². The highest BCUT2D eigenvalue weighted by Gasteiger charge is 2.17. The van der Waals surface area contributed by atoms with Crippen LogP contribution in [0.1, 0.15) is 56.5 Å². The van der Waals surface area contributed by atoms with Crippen molar-refractivity contribution in [2.24, 2.45) is 0 Å². The third kappa shape index (κ3) is 5.60. The van der Waals surface area contributed by atoms with Gasteiger partial charge in [-0.3, -0.25) is 4.40 Å². The summed E-state index contributed by atoms with van der Waals surface area (Å²) in [6.07, 6.45) is 4.39. The molecule has 35 heavy (non-hydrogen) atoms. The number of fused-ring (bicyclic) bond motifs is 1. The lowest BCUT2D eigenvalue weighted by atomic mass is 10.0. The second-order valence-corrected chi connectivity index (χ2v) is 9.85. The Hall–Kier alpha value is -3.51. The van der Waals surface area contributed by atoms with Crippen LogP contribution in [0.15, 0.2) is 55.0 Å². The molecule has 0 saturated heterocycles. The number of nitriles is 1. The molecule has 0 bridgehead atoms. The summed E-state index contributed by atoms with van der Waals surface area (Å²) in [7, 11) is 0. The molecule has 0 amide bonds. The van der Waals surface area contributed by atoms with E-state index in [9.17, 15) is 10.4 Å². The zero-order chi connectivity index (χ0) is 25.2. The Bertz CT molecular complexity index is 1370. The number of aliphatic hydroxyl groups excluding tert-OH is 1. The number of nitrogens with one attached hydrogen (secondary N) is 2. The standard InChI is InChI=1S/C26H28ClN7O/c1-16(17-7-9-18(10-8-17)22(35)15-31-26(2,3)4)32-25-30-13-19(12-28)23(33-25)21-14-29-24-20(27)6-5-11-34(21)24/h5-11,13-14,16,22,31,35H,15H2,1-4H3,(H,30,32,33)/t16-,22-/m0/s1. The molecule has 2 atom stereocenters. The normalized spacial score (nSPS) is 13.4. The molecule has 0 unspecified atom stereocenters. The fourth-order valence-corrected chi connectivity index (χ4v) is 3.90. The quantitative estimate of drug-likeness (QED) is 0.338. The maximum atomic E-state index is 10.5. The molecular formula is C26H28ClN7O. The first kappa shape index (κ1) is 24.6. The average Bonchev–Trinajstić information content (AvgIpc) is 3.27. The van der Waals surface area contributed by atoms with E-state index in [1.165, 1.54) is 6.20 Å². The molecule has 0 aliphatic rings. The SMILES string of the molecule is C[C@H](Nc1ncc(C#N)c(-c2cnc3c(Cl)cccn23)n1)c1ccc([C@@H](O)CNC(C)(C)C)cc1. The smallest absolute Gasteiger partial charge is 0.223 e. The second kappa shape index (κ2) is 10.0. The van der Waals surface area contributed by atoms with E-state index in [4.69, 9.17) is 11.6 Å². The molecule has 4 aromatic rings. The van der Waals surface area contributed by atoms with Gasteiger partial charge in [-0.1, -0.05) is 35.9 Å². The first-order valence-corrected chi connectivity index (χ1v) is 11.7. The van der Waals surface area contributed by atoms with Crippen LogP contribution in [0.4, 0.5) is 5.95 Å². The highest BCUT2D eigenvalue weighted by Crippen LogP contribution is 2.27. The lowest BCUT2D eigenvalue weighted by molar-refractivity contribution is 0.163. The predicted molar refractivity (Wildman–Crippen MR) is 137 cm³/mol. The van der Waals surface area contributed by atoms with Crippen molar-refractivity contribution in [3.05, 3.63) is 76.7 Å². The van der Waals surface area contributed by atoms with Crippen molar-refractivity contribution >= 4 is 23.2 Å². The highest BCUT2D eigenvalue weighted by atomic mass is 35.5. The van der Waals surface area contributed by atoms with Crippen LogP contribution in [0.5, 0.6) is 0 Å². The molecule has 8 nitrogen and oxygen atoms in total. The van der Waals surface area contributed by atoms with Crippen molar-refractivity contribution in [3.8, 4) is 17.5 Å². The molecule has 0 fully saturated rings. The van der Waals surface area contributed by atoms with Gasteiger partial charge in [0.1, 0.15) is 11.8 Å². The summed E-state index contributed by atoms with van der Waals surface area (Å²) < 4.78 is 1.80. The number of rotatable bonds is 7. The Labute approximate surface area is 209 Å². The Morgan fingerprint density at radius 1 is 1.11 bits per heavy atom. The van der Waals surface area contributed by atoms with Crippen molar-refractivity contribution in [1.29, 1.82) is 5.26 Å². The van der Waals surface area contributed by atoms with Gasteiger partial charge in [0.05, 0.1) is 40.8 Å². The van der Waals surface area contributed by atoms with Gasteiger partial charge in [-0.2, -0.15) is 5.26 Å². The van der Waals surface area contributed by atoms with Crippen LogP contribution in [-0.4, -0.2) is 36.5 Å². The Kier molecular flexibility index (Phi) is 7.03. The number of aromatic nitrogens is 4. The van der Waals surface area contributed by atoms with E-state index in [-0.39, 0.29) is 11.6 Å². The van der Waals surface area contributed by atoms with Gasteiger partial charge in [-0.25, -0.2) is 15.0 Å². The molecule has 9 heteroatoms. The number of hydrogen-bond donors (Lipinski definition) is 3. The molecule has 0 radical (unpaired) electrons. The van der Waals surface area contributed by atoms with Crippen LogP contribution in [0.3, 0.4) is 0 Å².